The van der Waals surface area contributed by atoms with Crippen LogP contribution >= 0.6 is 38.9 Å². The zero-order valence-electron chi connectivity index (χ0n) is 12.8. The van der Waals surface area contributed by atoms with Crippen molar-refractivity contribution in [3.05, 3.63) is 67.2 Å². The molecule has 124 valence electrons. The van der Waals surface area contributed by atoms with Crippen LogP contribution in [0.3, 0.4) is 0 Å². The number of rotatable bonds is 5. The predicted molar refractivity (Wildman–Crippen MR) is 101 cm³/mol. The van der Waals surface area contributed by atoms with Crippen LogP contribution in [0.2, 0.25) is 5.02 Å². The summed E-state index contributed by atoms with van der Waals surface area (Å²) in [7, 11) is 0. The molecule has 0 unspecified atom stereocenters. The van der Waals surface area contributed by atoms with Gasteiger partial charge in [-0.1, -0.05) is 11.6 Å². The third-order valence-electron chi connectivity index (χ3n) is 3.31. The molecule has 0 saturated heterocycles. The Hall–Kier alpha value is -1.63. The first-order chi connectivity index (χ1) is 11.5. The van der Waals surface area contributed by atoms with Crippen molar-refractivity contribution in [2.24, 2.45) is 0 Å². The minimum absolute atomic E-state index is 0.147. The second kappa shape index (κ2) is 7.51. The molecule has 0 aliphatic rings. The van der Waals surface area contributed by atoms with Crippen LogP contribution < -0.4 is 10.3 Å². The molecule has 0 saturated carbocycles. The highest BCUT2D eigenvalue weighted by molar-refractivity contribution is 9.10. The molecule has 0 fully saturated rings. The Balaban J connectivity index is 1.72. The first-order valence-corrected chi connectivity index (χ1v) is 9.24. The summed E-state index contributed by atoms with van der Waals surface area (Å²) >= 11 is 11.0. The van der Waals surface area contributed by atoms with Crippen LogP contribution in [-0.4, -0.2) is 16.4 Å². The molecular weight excluding hydrogens is 412 g/mol. The third-order valence-corrected chi connectivity index (χ3v) is 5.19. The standard InChI is InChI=1S/C17H14BrClN2O2S/c1-11-2-6-16(24-11)14-4-7-17(22)21(20-14)8-9-23-15-5-3-12(19)10-13(15)18/h2-7,10H,8-9H2,1H3. The van der Waals surface area contributed by atoms with E-state index < -0.39 is 0 Å². The van der Waals surface area contributed by atoms with Gasteiger partial charge in [0.05, 0.1) is 15.9 Å². The molecule has 2 heterocycles. The molecule has 0 amide bonds. The van der Waals surface area contributed by atoms with Gasteiger partial charge in [-0.3, -0.25) is 4.79 Å². The zero-order valence-corrected chi connectivity index (χ0v) is 16.0. The van der Waals surface area contributed by atoms with Crippen LogP contribution in [0.1, 0.15) is 4.88 Å². The summed E-state index contributed by atoms with van der Waals surface area (Å²) < 4.78 is 7.90. The quantitative estimate of drug-likeness (QED) is 0.591. The average Bonchev–Trinajstić information content (AvgIpc) is 2.98. The highest BCUT2D eigenvalue weighted by Crippen LogP contribution is 2.28. The monoisotopic (exact) mass is 424 g/mol. The SMILES string of the molecule is Cc1ccc(-c2ccc(=O)n(CCOc3ccc(Cl)cc3Br)n2)s1. The summed E-state index contributed by atoms with van der Waals surface area (Å²) in [6.07, 6.45) is 0. The van der Waals surface area contributed by atoms with Gasteiger partial charge in [0.2, 0.25) is 0 Å². The lowest BCUT2D eigenvalue weighted by atomic mass is 10.3. The molecule has 7 heteroatoms. The molecule has 3 aromatic rings. The smallest absolute Gasteiger partial charge is 0.266 e. The van der Waals surface area contributed by atoms with Gasteiger partial charge in [0.1, 0.15) is 18.1 Å². The summed E-state index contributed by atoms with van der Waals surface area (Å²) in [4.78, 5) is 14.2. The Morgan fingerprint density at radius 1 is 1.25 bits per heavy atom. The fourth-order valence-electron chi connectivity index (χ4n) is 2.15. The number of halogens is 2. The predicted octanol–water partition coefficient (Wildman–Crippen LogP) is 4.78. The van der Waals surface area contributed by atoms with Gasteiger partial charge in [0.25, 0.3) is 5.56 Å². The van der Waals surface area contributed by atoms with Crippen molar-refractivity contribution in [2.45, 2.75) is 13.5 Å². The van der Waals surface area contributed by atoms with Crippen LogP contribution in [0.4, 0.5) is 0 Å². The molecule has 0 aliphatic heterocycles. The lowest BCUT2D eigenvalue weighted by Crippen LogP contribution is -2.25. The maximum absolute atomic E-state index is 12.0. The van der Waals surface area contributed by atoms with Crippen LogP contribution in [0.5, 0.6) is 5.75 Å². The van der Waals surface area contributed by atoms with Crippen molar-refractivity contribution in [2.75, 3.05) is 6.61 Å². The molecule has 0 aliphatic carbocycles. The number of benzene rings is 1. The van der Waals surface area contributed by atoms with E-state index in [0.717, 1.165) is 15.0 Å². The lowest BCUT2D eigenvalue weighted by Gasteiger charge is -2.10. The van der Waals surface area contributed by atoms with Gasteiger partial charge in [-0.05, 0) is 59.3 Å². The summed E-state index contributed by atoms with van der Waals surface area (Å²) in [5, 5.41) is 5.06. The second-order valence-corrected chi connectivity index (χ2v) is 7.69. The van der Waals surface area contributed by atoms with E-state index in [4.69, 9.17) is 16.3 Å². The molecule has 0 spiro atoms. The van der Waals surface area contributed by atoms with Crippen molar-refractivity contribution in [3.8, 4) is 16.3 Å². The fourth-order valence-corrected chi connectivity index (χ4v) is 3.78. The molecule has 4 nitrogen and oxygen atoms in total. The van der Waals surface area contributed by atoms with Gasteiger partial charge in [0.15, 0.2) is 0 Å². The molecular formula is C17H14BrClN2O2S. The number of aromatic nitrogens is 2. The Bertz CT molecular complexity index is 923. The Labute approximate surface area is 156 Å². The van der Waals surface area contributed by atoms with Crippen LogP contribution in [0.15, 0.2) is 51.7 Å². The molecule has 0 N–H and O–H groups in total. The van der Waals surface area contributed by atoms with Crippen LogP contribution in [-0.2, 0) is 6.54 Å². The first-order valence-electron chi connectivity index (χ1n) is 7.26. The van der Waals surface area contributed by atoms with Crippen molar-refractivity contribution >= 4 is 38.9 Å². The van der Waals surface area contributed by atoms with E-state index in [1.807, 2.05) is 19.1 Å². The first kappa shape index (κ1) is 17.2. The van der Waals surface area contributed by atoms with E-state index in [1.165, 1.54) is 15.6 Å². The van der Waals surface area contributed by atoms with E-state index >= 15 is 0 Å². The molecule has 0 bridgehead atoms. The van der Waals surface area contributed by atoms with E-state index in [2.05, 4.69) is 21.0 Å². The summed E-state index contributed by atoms with van der Waals surface area (Å²) in [6.45, 7) is 2.74. The number of hydrogen-bond donors (Lipinski definition) is 0. The van der Waals surface area contributed by atoms with Crippen molar-refractivity contribution in [3.63, 3.8) is 0 Å². The number of thiophene rings is 1. The summed E-state index contributed by atoms with van der Waals surface area (Å²) in [6, 6.07) is 12.6. The van der Waals surface area contributed by atoms with E-state index in [1.54, 1.807) is 35.6 Å². The van der Waals surface area contributed by atoms with Gasteiger partial charge in [-0.2, -0.15) is 5.10 Å². The molecule has 3 rings (SSSR count). The minimum atomic E-state index is -0.147. The Kier molecular flexibility index (Phi) is 5.38. The van der Waals surface area contributed by atoms with Gasteiger partial charge in [-0.15, -0.1) is 11.3 Å². The molecule has 0 radical (unpaired) electrons. The summed E-state index contributed by atoms with van der Waals surface area (Å²) in [5.74, 6) is 0.678. The number of ether oxygens (including phenoxy) is 1. The molecule has 24 heavy (non-hydrogen) atoms. The maximum atomic E-state index is 12.0. The number of nitrogens with zero attached hydrogens (tertiary/aromatic N) is 2. The average molecular weight is 426 g/mol. The Morgan fingerprint density at radius 2 is 2.08 bits per heavy atom. The van der Waals surface area contributed by atoms with Crippen LogP contribution in [0, 0.1) is 6.92 Å². The van der Waals surface area contributed by atoms with Crippen molar-refractivity contribution in [1.29, 1.82) is 0 Å². The molecule has 0 atom stereocenters. The molecule has 1 aromatic carbocycles. The van der Waals surface area contributed by atoms with Gasteiger partial charge in [0, 0.05) is 16.0 Å². The van der Waals surface area contributed by atoms with Crippen LogP contribution in [0.25, 0.3) is 10.6 Å². The highest BCUT2D eigenvalue weighted by Gasteiger charge is 2.07. The Morgan fingerprint density at radius 3 is 2.79 bits per heavy atom. The third kappa shape index (κ3) is 4.06. The van der Waals surface area contributed by atoms with Crippen molar-refractivity contribution in [1.82, 2.24) is 9.78 Å². The molecule has 2 aromatic heterocycles. The van der Waals surface area contributed by atoms with E-state index in [0.29, 0.717) is 23.9 Å². The largest absolute Gasteiger partial charge is 0.490 e. The zero-order chi connectivity index (χ0) is 17.1. The lowest BCUT2D eigenvalue weighted by molar-refractivity contribution is 0.286. The summed E-state index contributed by atoms with van der Waals surface area (Å²) in [5.41, 5.74) is 0.645. The number of aryl methyl sites for hydroxylation is 1. The van der Waals surface area contributed by atoms with Gasteiger partial charge >= 0.3 is 0 Å². The number of hydrogen-bond acceptors (Lipinski definition) is 4. The maximum Gasteiger partial charge on any atom is 0.266 e. The van der Waals surface area contributed by atoms with Crippen molar-refractivity contribution < 1.29 is 4.74 Å². The normalized spacial score (nSPS) is 10.8. The minimum Gasteiger partial charge on any atom is -0.490 e. The van der Waals surface area contributed by atoms with E-state index in [9.17, 15) is 4.79 Å². The second-order valence-electron chi connectivity index (χ2n) is 5.11. The van der Waals surface area contributed by atoms with Gasteiger partial charge < -0.3 is 4.74 Å². The topological polar surface area (TPSA) is 44.1 Å². The van der Waals surface area contributed by atoms with E-state index in [-0.39, 0.29) is 5.56 Å². The highest BCUT2D eigenvalue weighted by atomic mass is 79.9. The fraction of sp³-hybridized carbons (Fsp3) is 0.176. The van der Waals surface area contributed by atoms with Gasteiger partial charge in [-0.25, -0.2) is 4.68 Å².